The number of hydrogen-bond donors (Lipinski definition) is 4. The van der Waals surface area contributed by atoms with Crippen LogP contribution in [-0.2, 0) is 0 Å². The first-order chi connectivity index (χ1) is 9.97. The Bertz CT molecular complexity index is 421. The molecule has 0 amide bonds. The summed E-state index contributed by atoms with van der Waals surface area (Å²) in [6.07, 6.45) is -0.972. The van der Waals surface area contributed by atoms with Gasteiger partial charge < -0.3 is 25.0 Å². The van der Waals surface area contributed by atoms with Crippen molar-refractivity contribution in [2.24, 2.45) is 0 Å². The SMILES string of the molecule is OCC[NH+](CCO)C[C@@H](O)COc1c(F)cc(Br)cc1F. The molecule has 5 nitrogen and oxygen atoms in total. The van der Waals surface area contributed by atoms with E-state index in [2.05, 4.69) is 15.9 Å². The summed E-state index contributed by atoms with van der Waals surface area (Å²) in [5.74, 6) is -2.25. The fraction of sp³-hybridized carbons (Fsp3) is 0.538. The predicted molar refractivity (Wildman–Crippen MR) is 75.3 cm³/mol. The number of hydrogen-bond acceptors (Lipinski definition) is 4. The molecule has 0 heterocycles. The molecule has 0 radical (unpaired) electrons. The van der Waals surface area contributed by atoms with Crippen LogP contribution in [-0.4, -0.2) is 60.9 Å². The zero-order chi connectivity index (χ0) is 15.8. The van der Waals surface area contributed by atoms with Crippen molar-refractivity contribution in [2.45, 2.75) is 6.10 Å². The van der Waals surface area contributed by atoms with E-state index >= 15 is 0 Å². The fourth-order valence-corrected chi connectivity index (χ4v) is 2.29. The van der Waals surface area contributed by atoms with Crippen molar-refractivity contribution in [3.63, 3.8) is 0 Å². The van der Waals surface area contributed by atoms with Crippen LogP contribution in [0.25, 0.3) is 0 Å². The van der Waals surface area contributed by atoms with Gasteiger partial charge in [0.05, 0.1) is 13.2 Å². The van der Waals surface area contributed by atoms with Gasteiger partial charge in [-0.1, -0.05) is 15.9 Å². The van der Waals surface area contributed by atoms with E-state index in [0.29, 0.717) is 13.1 Å². The molecule has 0 spiro atoms. The monoisotopic (exact) mass is 370 g/mol. The third-order valence-corrected chi connectivity index (χ3v) is 3.30. The average molecular weight is 371 g/mol. The number of quaternary nitrogens is 1. The van der Waals surface area contributed by atoms with Crippen molar-refractivity contribution in [1.82, 2.24) is 0 Å². The summed E-state index contributed by atoms with van der Waals surface area (Å²) in [6.45, 7) is 0.464. The normalized spacial score (nSPS) is 12.7. The van der Waals surface area contributed by atoms with Crippen LogP contribution in [0.5, 0.6) is 5.75 Å². The van der Waals surface area contributed by atoms with Gasteiger partial charge in [-0.2, -0.15) is 0 Å². The number of rotatable bonds is 9. The predicted octanol–water partition coefficient (Wildman–Crippen LogP) is -0.663. The second kappa shape index (κ2) is 9.26. The number of aliphatic hydroxyl groups excluding tert-OH is 3. The lowest BCUT2D eigenvalue weighted by molar-refractivity contribution is -0.903. The number of ether oxygens (including phenoxy) is 1. The third kappa shape index (κ3) is 6.23. The Kier molecular flexibility index (Phi) is 8.05. The Balaban J connectivity index is 2.54. The molecule has 0 aromatic heterocycles. The van der Waals surface area contributed by atoms with Crippen LogP contribution in [0.15, 0.2) is 16.6 Å². The summed E-state index contributed by atoms with van der Waals surface area (Å²) in [5.41, 5.74) is 0. The fourth-order valence-electron chi connectivity index (χ4n) is 1.88. The summed E-state index contributed by atoms with van der Waals surface area (Å²) in [7, 11) is 0. The molecule has 120 valence electrons. The molecule has 0 aliphatic rings. The molecular weight excluding hydrogens is 352 g/mol. The first-order valence-corrected chi connectivity index (χ1v) is 7.28. The van der Waals surface area contributed by atoms with Crippen LogP contribution in [0.1, 0.15) is 0 Å². The topological polar surface area (TPSA) is 74.4 Å². The summed E-state index contributed by atoms with van der Waals surface area (Å²) in [4.78, 5) is 0.771. The molecule has 1 aromatic carbocycles. The maximum absolute atomic E-state index is 13.5. The van der Waals surface area contributed by atoms with Gasteiger partial charge in [0.1, 0.15) is 32.3 Å². The molecule has 0 bridgehead atoms. The highest BCUT2D eigenvalue weighted by molar-refractivity contribution is 9.10. The molecule has 1 aromatic rings. The third-order valence-electron chi connectivity index (χ3n) is 2.84. The zero-order valence-electron chi connectivity index (χ0n) is 11.4. The molecule has 0 saturated carbocycles. The Morgan fingerprint density at radius 3 is 2.14 bits per heavy atom. The number of benzene rings is 1. The van der Waals surface area contributed by atoms with E-state index in [9.17, 15) is 13.9 Å². The van der Waals surface area contributed by atoms with Crippen molar-refractivity contribution < 1.29 is 33.7 Å². The van der Waals surface area contributed by atoms with E-state index < -0.39 is 23.5 Å². The van der Waals surface area contributed by atoms with E-state index in [1.54, 1.807) is 0 Å². The Morgan fingerprint density at radius 2 is 1.67 bits per heavy atom. The summed E-state index contributed by atoms with van der Waals surface area (Å²) < 4.78 is 32.3. The van der Waals surface area contributed by atoms with Crippen LogP contribution in [0.2, 0.25) is 0 Å². The smallest absolute Gasteiger partial charge is 0.190 e. The van der Waals surface area contributed by atoms with E-state index in [0.717, 1.165) is 17.0 Å². The van der Waals surface area contributed by atoms with Gasteiger partial charge in [0.25, 0.3) is 0 Å². The zero-order valence-corrected chi connectivity index (χ0v) is 12.9. The number of nitrogens with one attached hydrogen (secondary N) is 1. The second-order valence-electron chi connectivity index (χ2n) is 4.56. The Labute approximate surface area is 129 Å². The first kappa shape index (κ1) is 18.2. The van der Waals surface area contributed by atoms with Gasteiger partial charge in [-0.3, -0.25) is 0 Å². The van der Waals surface area contributed by atoms with Crippen LogP contribution < -0.4 is 9.64 Å². The van der Waals surface area contributed by atoms with Crippen LogP contribution >= 0.6 is 15.9 Å². The van der Waals surface area contributed by atoms with Gasteiger partial charge in [0, 0.05) is 4.47 Å². The molecule has 4 N–H and O–H groups in total. The molecular formula is C13H19BrF2NO4+. The molecule has 1 atom stereocenters. The lowest BCUT2D eigenvalue weighted by atomic mass is 10.3. The summed E-state index contributed by atoms with van der Waals surface area (Å²) in [6, 6.07) is 2.14. The van der Waals surface area contributed by atoms with Gasteiger partial charge in [-0.05, 0) is 12.1 Å². The number of aliphatic hydroxyl groups is 3. The second-order valence-corrected chi connectivity index (χ2v) is 5.48. The first-order valence-electron chi connectivity index (χ1n) is 6.48. The Hall–Kier alpha value is -0.800. The van der Waals surface area contributed by atoms with Crippen molar-refractivity contribution in [1.29, 1.82) is 0 Å². The highest BCUT2D eigenvalue weighted by Crippen LogP contribution is 2.25. The lowest BCUT2D eigenvalue weighted by Gasteiger charge is -2.21. The molecule has 21 heavy (non-hydrogen) atoms. The van der Waals surface area contributed by atoms with Gasteiger partial charge >= 0.3 is 0 Å². The summed E-state index contributed by atoms with van der Waals surface area (Å²) in [5, 5.41) is 27.5. The minimum absolute atomic E-state index is 0.0844. The van der Waals surface area contributed by atoms with Crippen LogP contribution in [0.3, 0.4) is 0 Å². The van der Waals surface area contributed by atoms with Crippen molar-refractivity contribution in [3.05, 3.63) is 28.2 Å². The maximum atomic E-state index is 13.5. The van der Waals surface area contributed by atoms with Crippen molar-refractivity contribution in [2.75, 3.05) is 39.5 Å². The van der Waals surface area contributed by atoms with Crippen LogP contribution in [0, 0.1) is 11.6 Å². The van der Waals surface area contributed by atoms with E-state index in [1.165, 1.54) is 0 Å². The highest BCUT2D eigenvalue weighted by atomic mass is 79.9. The van der Waals surface area contributed by atoms with E-state index in [1.807, 2.05) is 0 Å². The standard InChI is InChI=1S/C13H18BrF2NO4/c14-9-5-11(15)13(12(16)6-9)21-8-10(20)7-17(1-3-18)2-4-19/h5-6,10,18-20H,1-4,7-8H2/p+1/t10-/m1/s1. The maximum Gasteiger partial charge on any atom is 0.190 e. The van der Waals surface area contributed by atoms with E-state index in [-0.39, 0.29) is 30.8 Å². The molecule has 0 aliphatic carbocycles. The minimum Gasteiger partial charge on any atom is -0.485 e. The lowest BCUT2D eigenvalue weighted by Crippen LogP contribution is -3.14. The van der Waals surface area contributed by atoms with Gasteiger partial charge in [0.15, 0.2) is 17.4 Å². The molecule has 0 aliphatic heterocycles. The molecule has 1 rings (SSSR count). The highest BCUT2D eigenvalue weighted by Gasteiger charge is 2.18. The molecule has 0 unspecified atom stereocenters. The van der Waals surface area contributed by atoms with Gasteiger partial charge in [-0.15, -0.1) is 0 Å². The Morgan fingerprint density at radius 1 is 1.14 bits per heavy atom. The van der Waals surface area contributed by atoms with Gasteiger partial charge in [0.2, 0.25) is 0 Å². The van der Waals surface area contributed by atoms with Crippen LogP contribution in [0.4, 0.5) is 8.78 Å². The number of halogens is 3. The summed E-state index contributed by atoms with van der Waals surface area (Å²) >= 11 is 2.96. The quantitative estimate of drug-likeness (QED) is 0.465. The molecule has 8 heteroatoms. The van der Waals surface area contributed by atoms with Crippen molar-refractivity contribution in [3.8, 4) is 5.75 Å². The molecule has 0 fully saturated rings. The van der Waals surface area contributed by atoms with Crippen molar-refractivity contribution >= 4 is 15.9 Å². The average Bonchev–Trinajstić information content (AvgIpc) is 2.37. The van der Waals surface area contributed by atoms with E-state index in [4.69, 9.17) is 14.9 Å². The largest absolute Gasteiger partial charge is 0.485 e. The minimum atomic E-state index is -0.972. The van der Waals surface area contributed by atoms with Gasteiger partial charge in [-0.25, -0.2) is 8.78 Å². The molecule has 0 saturated heterocycles.